The van der Waals surface area contributed by atoms with Gasteiger partial charge in [0.15, 0.2) is 5.78 Å². The Morgan fingerprint density at radius 2 is 1.37 bits per heavy atom. The second-order valence-electron chi connectivity index (χ2n) is 10.5. The second-order valence-corrected chi connectivity index (χ2v) is 10.5. The van der Waals surface area contributed by atoms with Gasteiger partial charge in [-0.3, -0.25) is 9.59 Å². The fourth-order valence-electron chi connectivity index (χ4n) is 4.55. The molecule has 0 aliphatic rings. The summed E-state index contributed by atoms with van der Waals surface area (Å²) in [6, 6.07) is -1.23. The molecule has 0 heterocycles. The molecule has 206 valence electrons. The van der Waals surface area contributed by atoms with E-state index in [0.29, 0.717) is 19.4 Å². The molecular formula is C28H56N4O3. The predicted octanol–water partition coefficient (Wildman–Crippen LogP) is 5.46. The van der Waals surface area contributed by atoms with Crippen LogP contribution in [0.3, 0.4) is 0 Å². The Morgan fingerprint density at radius 1 is 0.771 bits per heavy atom. The van der Waals surface area contributed by atoms with Gasteiger partial charge in [0.2, 0.25) is 5.91 Å². The lowest BCUT2D eigenvalue weighted by molar-refractivity contribution is -0.132. The number of amides is 3. The molecule has 0 aromatic heterocycles. The topological polar surface area (TPSA) is 113 Å². The van der Waals surface area contributed by atoms with Crippen LogP contribution < -0.4 is 21.7 Å². The van der Waals surface area contributed by atoms with E-state index in [0.717, 1.165) is 44.9 Å². The smallest absolute Gasteiger partial charge is 0.312 e. The number of carbonyl (C=O) groups is 3. The Labute approximate surface area is 215 Å². The summed E-state index contributed by atoms with van der Waals surface area (Å²) in [4.78, 5) is 37.8. The van der Waals surface area contributed by atoms with Gasteiger partial charge in [0.25, 0.3) is 0 Å². The highest BCUT2D eigenvalue weighted by Crippen LogP contribution is 2.19. The largest absolute Gasteiger partial charge is 0.352 e. The third kappa shape index (κ3) is 15.9. The first-order chi connectivity index (χ1) is 16.7. The van der Waals surface area contributed by atoms with Crippen LogP contribution in [-0.4, -0.2) is 42.4 Å². The Bertz CT molecular complexity index is 583. The molecule has 0 aromatic carbocycles. The molecule has 3 unspecified atom stereocenters. The first kappa shape index (κ1) is 33.4. The molecule has 5 N–H and O–H groups in total. The maximum Gasteiger partial charge on any atom is 0.312 e. The molecule has 0 saturated heterocycles. The van der Waals surface area contributed by atoms with Crippen LogP contribution in [0, 0.1) is 11.8 Å². The summed E-state index contributed by atoms with van der Waals surface area (Å²) in [7, 11) is 0. The van der Waals surface area contributed by atoms with Crippen molar-refractivity contribution in [2.45, 2.75) is 143 Å². The maximum absolute atomic E-state index is 13.4. The Balaban J connectivity index is 5.18. The van der Waals surface area contributed by atoms with Crippen molar-refractivity contribution in [2.75, 3.05) is 6.54 Å². The summed E-state index contributed by atoms with van der Waals surface area (Å²) in [6.45, 7) is 13.0. The van der Waals surface area contributed by atoms with Gasteiger partial charge in [0, 0.05) is 18.5 Å². The number of nitrogens with one attached hydrogen (secondary N) is 3. The summed E-state index contributed by atoms with van der Waals surface area (Å²) in [5.74, 6) is 0.0600. The number of hydrogen-bond acceptors (Lipinski definition) is 4. The summed E-state index contributed by atoms with van der Waals surface area (Å²) in [5, 5.41) is 9.19. The summed E-state index contributed by atoms with van der Waals surface area (Å²) >= 11 is 0. The molecular weight excluding hydrogens is 440 g/mol. The Hall–Kier alpha value is -1.63. The first-order valence-electron chi connectivity index (χ1n) is 14.3. The van der Waals surface area contributed by atoms with Crippen molar-refractivity contribution >= 4 is 17.7 Å². The monoisotopic (exact) mass is 496 g/mol. The van der Waals surface area contributed by atoms with E-state index < -0.39 is 12.1 Å². The number of primary amides is 1. The van der Waals surface area contributed by atoms with Crippen molar-refractivity contribution in [1.29, 1.82) is 0 Å². The number of ketones is 1. The number of rotatable bonds is 22. The summed E-state index contributed by atoms with van der Waals surface area (Å²) in [6.07, 6.45) is 13.2. The van der Waals surface area contributed by atoms with E-state index in [9.17, 15) is 14.4 Å². The van der Waals surface area contributed by atoms with Gasteiger partial charge in [0.1, 0.15) is 0 Å². The quantitative estimate of drug-likeness (QED) is 0.149. The van der Waals surface area contributed by atoms with E-state index in [2.05, 4.69) is 36.7 Å². The molecule has 0 aliphatic carbocycles. The van der Waals surface area contributed by atoms with Gasteiger partial charge >= 0.3 is 6.03 Å². The van der Waals surface area contributed by atoms with Crippen LogP contribution in [0.1, 0.15) is 125 Å². The SMILES string of the molecule is CCCCCCCC(C)NC(C(=O)N[C@@H](CCCNC(N)=O)C(=O)C(CC)CCCCC)C(C)C. The third-order valence-corrected chi connectivity index (χ3v) is 6.83. The zero-order valence-electron chi connectivity index (χ0n) is 23.6. The van der Waals surface area contributed by atoms with Gasteiger partial charge in [0.05, 0.1) is 12.1 Å². The molecule has 3 amide bonds. The van der Waals surface area contributed by atoms with Crippen molar-refractivity contribution in [3.8, 4) is 0 Å². The Morgan fingerprint density at radius 3 is 1.94 bits per heavy atom. The van der Waals surface area contributed by atoms with E-state index in [-0.39, 0.29) is 35.6 Å². The van der Waals surface area contributed by atoms with Gasteiger partial charge in [-0.1, -0.05) is 86.0 Å². The normalized spacial score (nSPS) is 14.8. The molecule has 4 atom stereocenters. The number of unbranched alkanes of at least 4 members (excludes halogenated alkanes) is 6. The van der Waals surface area contributed by atoms with Gasteiger partial charge in [-0.05, 0) is 44.9 Å². The molecule has 7 nitrogen and oxygen atoms in total. The van der Waals surface area contributed by atoms with Gasteiger partial charge in [-0.15, -0.1) is 0 Å². The molecule has 7 heteroatoms. The fourth-order valence-corrected chi connectivity index (χ4v) is 4.55. The van der Waals surface area contributed by atoms with Crippen molar-refractivity contribution in [3.63, 3.8) is 0 Å². The average molecular weight is 497 g/mol. The lowest BCUT2D eigenvalue weighted by Crippen LogP contribution is -2.55. The number of hydrogen-bond donors (Lipinski definition) is 4. The fraction of sp³-hybridized carbons (Fsp3) is 0.893. The lowest BCUT2D eigenvalue weighted by atomic mass is 9.88. The van der Waals surface area contributed by atoms with E-state index in [1.165, 1.54) is 25.7 Å². The zero-order valence-corrected chi connectivity index (χ0v) is 23.6. The van der Waals surface area contributed by atoms with E-state index >= 15 is 0 Å². The van der Waals surface area contributed by atoms with E-state index in [1.54, 1.807) is 0 Å². The third-order valence-electron chi connectivity index (χ3n) is 6.83. The minimum absolute atomic E-state index is 0.0524. The van der Waals surface area contributed by atoms with Gasteiger partial charge in [-0.2, -0.15) is 0 Å². The molecule has 0 bridgehead atoms. The number of nitrogens with two attached hydrogens (primary N) is 1. The highest BCUT2D eigenvalue weighted by atomic mass is 16.2. The minimum Gasteiger partial charge on any atom is -0.352 e. The summed E-state index contributed by atoms with van der Waals surface area (Å²) in [5.41, 5.74) is 5.17. The molecule has 0 aromatic rings. The number of carbonyl (C=O) groups excluding carboxylic acids is 3. The van der Waals surface area contributed by atoms with Gasteiger partial charge < -0.3 is 21.7 Å². The van der Waals surface area contributed by atoms with Crippen LogP contribution in [0.15, 0.2) is 0 Å². The molecule has 35 heavy (non-hydrogen) atoms. The van der Waals surface area contributed by atoms with Crippen LogP contribution in [0.4, 0.5) is 4.79 Å². The second kappa shape index (κ2) is 20.6. The van der Waals surface area contributed by atoms with Crippen molar-refractivity contribution in [2.24, 2.45) is 17.6 Å². The van der Waals surface area contributed by atoms with Crippen molar-refractivity contribution in [1.82, 2.24) is 16.0 Å². The van der Waals surface area contributed by atoms with Crippen LogP contribution in [0.25, 0.3) is 0 Å². The highest BCUT2D eigenvalue weighted by molar-refractivity contribution is 5.92. The average Bonchev–Trinajstić information content (AvgIpc) is 2.81. The van der Waals surface area contributed by atoms with Crippen molar-refractivity contribution < 1.29 is 14.4 Å². The van der Waals surface area contributed by atoms with Crippen LogP contribution in [0.5, 0.6) is 0 Å². The molecule has 0 spiro atoms. The highest BCUT2D eigenvalue weighted by Gasteiger charge is 2.30. The molecule has 0 aliphatic heterocycles. The summed E-state index contributed by atoms with van der Waals surface area (Å²) < 4.78 is 0. The lowest BCUT2D eigenvalue weighted by Gasteiger charge is -2.29. The minimum atomic E-state index is -0.573. The predicted molar refractivity (Wildman–Crippen MR) is 146 cm³/mol. The van der Waals surface area contributed by atoms with E-state index in [4.69, 9.17) is 5.73 Å². The van der Waals surface area contributed by atoms with Crippen LogP contribution in [0.2, 0.25) is 0 Å². The van der Waals surface area contributed by atoms with Crippen LogP contribution in [-0.2, 0) is 9.59 Å². The zero-order chi connectivity index (χ0) is 26.6. The van der Waals surface area contributed by atoms with Crippen molar-refractivity contribution in [3.05, 3.63) is 0 Å². The van der Waals surface area contributed by atoms with Gasteiger partial charge in [-0.25, -0.2) is 4.79 Å². The molecule has 0 fully saturated rings. The standard InChI is InChI=1S/C28H56N4O3/c1-7-10-12-13-15-17-22(6)31-25(21(4)5)27(34)32-24(19-16-20-30-28(29)35)26(33)23(9-3)18-14-11-8-2/h21-25,31H,7-20H2,1-6H3,(H,32,34)(H3,29,30,35)/t22?,23?,24-,25?/m0/s1. The molecule has 0 radical (unpaired) electrons. The van der Waals surface area contributed by atoms with Crippen LogP contribution >= 0.6 is 0 Å². The Kier molecular flexibility index (Phi) is 19.6. The molecule has 0 rings (SSSR count). The number of Topliss-reactive ketones (excluding diaryl/α,β-unsaturated/α-hetero) is 1. The van der Waals surface area contributed by atoms with E-state index in [1.807, 2.05) is 20.8 Å². The maximum atomic E-state index is 13.4. The first-order valence-corrected chi connectivity index (χ1v) is 14.3. The molecule has 0 saturated carbocycles. The number of urea groups is 1.